The van der Waals surface area contributed by atoms with Crippen LogP contribution in [0.1, 0.15) is 26.2 Å². The molecule has 3 nitrogen and oxygen atoms in total. The maximum absolute atomic E-state index is 11.1. The second-order valence-electron chi connectivity index (χ2n) is 2.83. The normalized spacial score (nSPS) is 11.8. The molecule has 74 valence electrons. The Morgan fingerprint density at radius 2 is 2.31 bits per heavy atom. The maximum atomic E-state index is 11.1. The van der Waals surface area contributed by atoms with Crippen LogP contribution in [0, 0.1) is 12.3 Å². The fourth-order valence-corrected chi connectivity index (χ4v) is 0.814. The third kappa shape index (κ3) is 6.18. The summed E-state index contributed by atoms with van der Waals surface area (Å²) < 4.78 is 4.85. The van der Waals surface area contributed by atoms with Crippen LogP contribution in [0.3, 0.4) is 0 Å². The summed E-state index contributed by atoms with van der Waals surface area (Å²) in [5.41, 5.74) is 0. The van der Waals surface area contributed by atoms with Gasteiger partial charge in [0.05, 0.1) is 0 Å². The van der Waals surface area contributed by atoms with Gasteiger partial charge < -0.3 is 10.1 Å². The lowest BCUT2D eigenvalue weighted by Crippen LogP contribution is -2.34. The molecule has 0 aliphatic rings. The number of unbranched alkanes of at least 4 members (excludes halogenated alkanes) is 2. The van der Waals surface area contributed by atoms with E-state index in [1.165, 1.54) is 7.11 Å². The van der Waals surface area contributed by atoms with Crippen LogP contribution in [-0.4, -0.2) is 25.7 Å². The molecule has 1 N–H and O–H groups in total. The molecule has 0 aromatic rings. The molecule has 0 aromatic heterocycles. The first-order chi connectivity index (χ1) is 6.22. The molecule has 0 radical (unpaired) electrons. The number of amides is 1. The van der Waals surface area contributed by atoms with Crippen molar-refractivity contribution in [2.45, 2.75) is 32.3 Å². The highest BCUT2D eigenvalue weighted by molar-refractivity contribution is 5.80. The van der Waals surface area contributed by atoms with Gasteiger partial charge in [-0.3, -0.25) is 4.79 Å². The number of nitrogens with one attached hydrogen (secondary N) is 1. The third-order valence-corrected chi connectivity index (χ3v) is 1.77. The molecule has 0 bridgehead atoms. The van der Waals surface area contributed by atoms with Crippen LogP contribution in [0.25, 0.3) is 0 Å². The van der Waals surface area contributed by atoms with E-state index in [0.717, 1.165) is 19.3 Å². The molecule has 0 fully saturated rings. The number of methoxy groups -OCH3 is 1. The van der Waals surface area contributed by atoms with Crippen molar-refractivity contribution in [2.24, 2.45) is 0 Å². The molecule has 0 saturated carbocycles. The van der Waals surface area contributed by atoms with Gasteiger partial charge in [0, 0.05) is 20.1 Å². The first-order valence-corrected chi connectivity index (χ1v) is 4.46. The van der Waals surface area contributed by atoms with Crippen LogP contribution in [0.2, 0.25) is 0 Å². The molecular formula is C10H17NO2. The second-order valence-corrected chi connectivity index (χ2v) is 2.83. The lowest BCUT2D eigenvalue weighted by atomic mass is 10.2. The molecule has 0 aliphatic heterocycles. The topological polar surface area (TPSA) is 38.3 Å². The zero-order valence-electron chi connectivity index (χ0n) is 8.30. The lowest BCUT2D eigenvalue weighted by molar-refractivity contribution is -0.130. The maximum Gasteiger partial charge on any atom is 0.248 e. The van der Waals surface area contributed by atoms with E-state index in [1.807, 2.05) is 0 Å². The minimum atomic E-state index is -0.368. The monoisotopic (exact) mass is 183 g/mol. The van der Waals surface area contributed by atoms with Gasteiger partial charge in [-0.2, -0.15) is 0 Å². The van der Waals surface area contributed by atoms with Crippen molar-refractivity contribution in [3.8, 4) is 12.3 Å². The molecule has 0 spiro atoms. The van der Waals surface area contributed by atoms with Crippen molar-refractivity contribution in [1.82, 2.24) is 5.32 Å². The van der Waals surface area contributed by atoms with Crippen molar-refractivity contribution < 1.29 is 9.53 Å². The van der Waals surface area contributed by atoms with Crippen LogP contribution in [0.4, 0.5) is 0 Å². The Kier molecular flexibility index (Phi) is 7.04. The number of carbonyl (C=O) groups is 1. The van der Waals surface area contributed by atoms with Crippen molar-refractivity contribution in [1.29, 1.82) is 0 Å². The summed E-state index contributed by atoms with van der Waals surface area (Å²) in [5, 5.41) is 2.76. The van der Waals surface area contributed by atoms with Gasteiger partial charge in [-0.05, 0) is 19.8 Å². The highest BCUT2D eigenvalue weighted by atomic mass is 16.5. The van der Waals surface area contributed by atoms with E-state index >= 15 is 0 Å². The average molecular weight is 183 g/mol. The summed E-state index contributed by atoms with van der Waals surface area (Å²) in [4.78, 5) is 11.1. The highest BCUT2D eigenvalue weighted by Crippen LogP contribution is 1.92. The fourth-order valence-electron chi connectivity index (χ4n) is 0.814. The summed E-state index contributed by atoms with van der Waals surface area (Å²) in [7, 11) is 1.52. The number of rotatable bonds is 6. The van der Waals surface area contributed by atoms with Crippen molar-refractivity contribution in [2.75, 3.05) is 13.7 Å². The molecule has 1 atom stereocenters. The van der Waals surface area contributed by atoms with Gasteiger partial charge in [0.25, 0.3) is 0 Å². The Labute approximate surface area is 79.8 Å². The number of ether oxygens (including phenoxy) is 1. The fraction of sp³-hybridized carbons (Fsp3) is 0.700. The summed E-state index contributed by atoms with van der Waals surface area (Å²) >= 11 is 0. The van der Waals surface area contributed by atoms with E-state index in [2.05, 4.69) is 11.2 Å². The molecule has 0 saturated heterocycles. The molecule has 0 aromatic carbocycles. The Hall–Kier alpha value is -1.01. The molecule has 0 aliphatic carbocycles. The van der Waals surface area contributed by atoms with E-state index in [4.69, 9.17) is 11.2 Å². The van der Waals surface area contributed by atoms with Gasteiger partial charge in [-0.25, -0.2) is 0 Å². The Morgan fingerprint density at radius 3 is 2.85 bits per heavy atom. The van der Waals surface area contributed by atoms with Crippen LogP contribution < -0.4 is 5.32 Å². The summed E-state index contributed by atoms with van der Waals surface area (Å²) in [6, 6.07) is 0. The summed E-state index contributed by atoms with van der Waals surface area (Å²) in [5.74, 6) is 2.49. The first-order valence-electron chi connectivity index (χ1n) is 4.46. The predicted octanol–water partition coefficient (Wildman–Crippen LogP) is 0.941. The van der Waals surface area contributed by atoms with Gasteiger partial charge in [0.1, 0.15) is 6.10 Å². The molecule has 3 heteroatoms. The quantitative estimate of drug-likeness (QED) is 0.491. The van der Waals surface area contributed by atoms with Crippen LogP contribution >= 0.6 is 0 Å². The number of carbonyl (C=O) groups excluding carboxylic acids is 1. The van der Waals surface area contributed by atoms with E-state index < -0.39 is 0 Å². The van der Waals surface area contributed by atoms with E-state index in [0.29, 0.717) is 6.54 Å². The van der Waals surface area contributed by atoms with Crippen molar-refractivity contribution in [3.05, 3.63) is 0 Å². The number of hydrogen-bond donors (Lipinski definition) is 1. The van der Waals surface area contributed by atoms with Crippen molar-refractivity contribution in [3.63, 3.8) is 0 Å². The lowest BCUT2D eigenvalue weighted by Gasteiger charge is -2.09. The van der Waals surface area contributed by atoms with Gasteiger partial charge in [-0.15, -0.1) is 12.3 Å². The minimum Gasteiger partial charge on any atom is -0.372 e. The van der Waals surface area contributed by atoms with E-state index in [-0.39, 0.29) is 12.0 Å². The second kappa shape index (κ2) is 7.63. The van der Waals surface area contributed by atoms with Crippen LogP contribution in [-0.2, 0) is 9.53 Å². The molecule has 0 rings (SSSR count). The van der Waals surface area contributed by atoms with Crippen LogP contribution in [0.5, 0.6) is 0 Å². The molecule has 0 heterocycles. The minimum absolute atomic E-state index is 0.0665. The average Bonchev–Trinajstić information content (AvgIpc) is 2.16. The number of terminal acetylenes is 1. The SMILES string of the molecule is C#CCCCCNC(=O)C(C)OC. The highest BCUT2D eigenvalue weighted by Gasteiger charge is 2.09. The third-order valence-electron chi connectivity index (χ3n) is 1.77. The molecule has 1 unspecified atom stereocenters. The standard InChI is InChI=1S/C10H17NO2/c1-4-5-6-7-8-11-10(12)9(2)13-3/h1,9H,5-8H2,2-3H3,(H,11,12). The van der Waals surface area contributed by atoms with Crippen LogP contribution in [0.15, 0.2) is 0 Å². The Morgan fingerprint density at radius 1 is 1.62 bits per heavy atom. The number of hydrogen-bond acceptors (Lipinski definition) is 2. The van der Waals surface area contributed by atoms with Gasteiger partial charge >= 0.3 is 0 Å². The first kappa shape index (κ1) is 12.0. The van der Waals surface area contributed by atoms with Crippen molar-refractivity contribution >= 4 is 5.91 Å². The predicted molar refractivity (Wildman–Crippen MR) is 52.2 cm³/mol. The molecular weight excluding hydrogens is 166 g/mol. The van der Waals surface area contributed by atoms with E-state index in [9.17, 15) is 4.79 Å². The molecule has 1 amide bonds. The summed E-state index contributed by atoms with van der Waals surface area (Å²) in [6.45, 7) is 2.39. The zero-order chi connectivity index (χ0) is 10.1. The van der Waals surface area contributed by atoms with Gasteiger partial charge in [-0.1, -0.05) is 0 Å². The Balaban J connectivity index is 3.33. The zero-order valence-corrected chi connectivity index (χ0v) is 8.30. The summed E-state index contributed by atoms with van der Waals surface area (Å²) in [6.07, 6.45) is 7.37. The smallest absolute Gasteiger partial charge is 0.248 e. The van der Waals surface area contributed by atoms with E-state index in [1.54, 1.807) is 6.92 Å². The largest absolute Gasteiger partial charge is 0.372 e. The Bertz CT molecular complexity index is 184. The van der Waals surface area contributed by atoms with Gasteiger partial charge in [0.15, 0.2) is 0 Å². The van der Waals surface area contributed by atoms with Gasteiger partial charge in [0.2, 0.25) is 5.91 Å². The molecule has 13 heavy (non-hydrogen) atoms.